The smallest absolute Gasteiger partial charge is 0.251 e. The van der Waals surface area contributed by atoms with Crippen LogP contribution in [0.5, 0.6) is 0 Å². The van der Waals surface area contributed by atoms with Crippen molar-refractivity contribution in [2.75, 3.05) is 24.5 Å². The van der Waals surface area contributed by atoms with Crippen molar-refractivity contribution in [2.24, 2.45) is 0 Å². The third kappa shape index (κ3) is 2.67. The van der Waals surface area contributed by atoms with Crippen molar-refractivity contribution in [3.05, 3.63) is 29.8 Å². The first kappa shape index (κ1) is 13.1. The highest BCUT2D eigenvalue weighted by Gasteiger charge is 2.23. The Hall–Kier alpha value is -1.88. The second-order valence-corrected chi connectivity index (χ2v) is 5.36. The van der Waals surface area contributed by atoms with Gasteiger partial charge in [0.15, 0.2) is 0 Å². The number of hydrogen-bond donors (Lipinski definition) is 2. The van der Waals surface area contributed by atoms with E-state index in [4.69, 9.17) is 0 Å². The van der Waals surface area contributed by atoms with Gasteiger partial charge in [0, 0.05) is 36.8 Å². The van der Waals surface area contributed by atoms with Gasteiger partial charge in [0.05, 0.1) is 0 Å². The highest BCUT2D eigenvalue weighted by atomic mass is 16.2. The molecule has 1 aromatic carbocycles. The van der Waals surface area contributed by atoms with E-state index in [-0.39, 0.29) is 17.9 Å². The molecule has 2 heterocycles. The van der Waals surface area contributed by atoms with Crippen LogP contribution in [0.15, 0.2) is 24.3 Å². The highest BCUT2D eigenvalue weighted by molar-refractivity contribution is 5.99. The Kier molecular flexibility index (Phi) is 3.69. The van der Waals surface area contributed by atoms with E-state index in [9.17, 15) is 9.59 Å². The van der Waals surface area contributed by atoms with E-state index >= 15 is 0 Å². The van der Waals surface area contributed by atoms with Crippen molar-refractivity contribution in [1.29, 1.82) is 0 Å². The van der Waals surface area contributed by atoms with Crippen LogP contribution in [0.1, 0.15) is 29.6 Å². The molecule has 0 saturated carbocycles. The minimum absolute atomic E-state index is 0.0628. The minimum atomic E-state index is -0.0628. The molecule has 3 rings (SSSR count). The van der Waals surface area contributed by atoms with Crippen LogP contribution < -0.4 is 15.5 Å². The molecule has 1 atom stereocenters. The van der Waals surface area contributed by atoms with E-state index in [2.05, 4.69) is 10.6 Å². The fourth-order valence-electron chi connectivity index (χ4n) is 2.78. The predicted molar refractivity (Wildman–Crippen MR) is 76.8 cm³/mol. The van der Waals surface area contributed by atoms with Crippen molar-refractivity contribution in [3.63, 3.8) is 0 Å². The van der Waals surface area contributed by atoms with E-state index in [1.54, 1.807) is 17.0 Å². The number of amides is 2. The lowest BCUT2D eigenvalue weighted by molar-refractivity contribution is -0.117. The number of nitrogens with one attached hydrogen (secondary N) is 2. The molecule has 0 radical (unpaired) electrons. The van der Waals surface area contributed by atoms with Gasteiger partial charge in [-0.05, 0) is 37.6 Å². The summed E-state index contributed by atoms with van der Waals surface area (Å²) in [6, 6.07) is 7.53. The summed E-state index contributed by atoms with van der Waals surface area (Å²) in [5, 5.41) is 6.24. The lowest BCUT2D eigenvalue weighted by Crippen LogP contribution is -2.36. The van der Waals surface area contributed by atoms with Gasteiger partial charge in [0.25, 0.3) is 5.91 Å². The number of rotatable bonds is 3. The summed E-state index contributed by atoms with van der Waals surface area (Å²) in [5.41, 5.74) is 1.44. The van der Waals surface area contributed by atoms with E-state index in [1.165, 1.54) is 0 Å². The minimum Gasteiger partial charge on any atom is -0.348 e. The molecule has 2 saturated heterocycles. The highest BCUT2D eigenvalue weighted by Crippen LogP contribution is 2.22. The van der Waals surface area contributed by atoms with Crippen LogP contribution in [0.2, 0.25) is 0 Å². The van der Waals surface area contributed by atoms with E-state index in [0.717, 1.165) is 38.2 Å². The van der Waals surface area contributed by atoms with Gasteiger partial charge in [-0.15, -0.1) is 0 Å². The van der Waals surface area contributed by atoms with Gasteiger partial charge in [-0.25, -0.2) is 0 Å². The van der Waals surface area contributed by atoms with Crippen molar-refractivity contribution >= 4 is 17.5 Å². The summed E-state index contributed by atoms with van der Waals surface area (Å²) in [7, 11) is 0. The second-order valence-electron chi connectivity index (χ2n) is 5.36. The summed E-state index contributed by atoms with van der Waals surface area (Å²) < 4.78 is 0. The molecule has 2 aliphatic rings. The van der Waals surface area contributed by atoms with Crippen molar-refractivity contribution in [1.82, 2.24) is 10.6 Å². The summed E-state index contributed by atoms with van der Waals surface area (Å²) >= 11 is 0. The second kappa shape index (κ2) is 5.63. The Morgan fingerprint density at radius 3 is 3.00 bits per heavy atom. The molecule has 2 N–H and O–H groups in total. The van der Waals surface area contributed by atoms with Crippen molar-refractivity contribution in [3.8, 4) is 0 Å². The van der Waals surface area contributed by atoms with Gasteiger partial charge in [0.1, 0.15) is 0 Å². The number of nitrogens with zero attached hydrogens (tertiary/aromatic N) is 1. The Morgan fingerprint density at radius 2 is 2.30 bits per heavy atom. The summed E-state index contributed by atoms with van der Waals surface area (Å²) in [6.07, 6.45) is 2.46. The molecule has 2 amide bonds. The molecule has 20 heavy (non-hydrogen) atoms. The zero-order valence-corrected chi connectivity index (χ0v) is 11.4. The zero-order valence-electron chi connectivity index (χ0n) is 11.4. The Balaban J connectivity index is 1.73. The quantitative estimate of drug-likeness (QED) is 0.860. The maximum atomic E-state index is 12.2. The summed E-state index contributed by atoms with van der Waals surface area (Å²) in [6.45, 7) is 2.53. The molecule has 2 aliphatic heterocycles. The topological polar surface area (TPSA) is 61.4 Å². The maximum absolute atomic E-state index is 12.2. The van der Waals surface area contributed by atoms with Crippen LogP contribution in [0.3, 0.4) is 0 Å². The first-order valence-electron chi connectivity index (χ1n) is 7.16. The van der Waals surface area contributed by atoms with Gasteiger partial charge in [0.2, 0.25) is 5.91 Å². The first-order valence-corrected chi connectivity index (χ1v) is 7.16. The normalized spacial score (nSPS) is 22.3. The van der Waals surface area contributed by atoms with Crippen LogP contribution in [-0.2, 0) is 4.79 Å². The molecule has 0 aliphatic carbocycles. The number of anilines is 1. The first-order chi connectivity index (χ1) is 9.74. The number of hydrogen-bond acceptors (Lipinski definition) is 3. The van der Waals surface area contributed by atoms with Gasteiger partial charge in [-0.2, -0.15) is 0 Å². The predicted octanol–water partition coefficient (Wildman–Crippen LogP) is 0.905. The fourth-order valence-corrected chi connectivity index (χ4v) is 2.78. The van der Waals surface area contributed by atoms with Crippen molar-refractivity contribution < 1.29 is 9.59 Å². The van der Waals surface area contributed by atoms with Gasteiger partial charge >= 0.3 is 0 Å². The van der Waals surface area contributed by atoms with Crippen LogP contribution in [0.25, 0.3) is 0 Å². The average molecular weight is 273 g/mol. The van der Waals surface area contributed by atoms with Crippen molar-refractivity contribution in [2.45, 2.75) is 25.3 Å². The molecule has 5 nitrogen and oxygen atoms in total. The number of carbonyl (C=O) groups is 2. The van der Waals surface area contributed by atoms with Crippen LogP contribution in [0, 0.1) is 0 Å². The third-order valence-corrected chi connectivity index (χ3v) is 3.89. The summed E-state index contributed by atoms with van der Waals surface area (Å²) in [5.74, 6) is 0.0785. The summed E-state index contributed by atoms with van der Waals surface area (Å²) in [4.78, 5) is 25.7. The molecular formula is C15H19N3O2. The number of benzene rings is 1. The van der Waals surface area contributed by atoms with E-state index < -0.39 is 0 Å². The van der Waals surface area contributed by atoms with Gasteiger partial charge in [-0.3, -0.25) is 9.59 Å². The molecular weight excluding hydrogens is 254 g/mol. The van der Waals surface area contributed by atoms with Gasteiger partial charge in [-0.1, -0.05) is 6.07 Å². The monoisotopic (exact) mass is 273 g/mol. The zero-order chi connectivity index (χ0) is 13.9. The van der Waals surface area contributed by atoms with E-state index in [1.807, 2.05) is 12.1 Å². The lowest BCUT2D eigenvalue weighted by Gasteiger charge is -2.17. The van der Waals surface area contributed by atoms with Crippen LogP contribution in [-0.4, -0.2) is 37.5 Å². The molecule has 0 bridgehead atoms. The SMILES string of the molecule is O=C(NC1CCNC1)c1cccc(N2CCCC2=O)c1. The third-order valence-electron chi connectivity index (χ3n) is 3.89. The maximum Gasteiger partial charge on any atom is 0.251 e. The van der Waals surface area contributed by atoms with Crippen LogP contribution in [0.4, 0.5) is 5.69 Å². The average Bonchev–Trinajstić information content (AvgIpc) is 3.10. The Bertz CT molecular complexity index is 524. The molecule has 1 aromatic rings. The Labute approximate surface area is 118 Å². The number of carbonyl (C=O) groups excluding carboxylic acids is 2. The molecule has 0 spiro atoms. The standard InChI is InChI=1S/C15H19N3O2/c19-14-5-2-8-18(14)13-4-1-3-11(9-13)15(20)17-12-6-7-16-10-12/h1,3-4,9,12,16H,2,5-8,10H2,(H,17,20). The molecule has 0 aromatic heterocycles. The van der Waals surface area contributed by atoms with Gasteiger partial charge < -0.3 is 15.5 Å². The molecule has 2 fully saturated rings. The molecule has 106 valence electrons. The molecule has 5 heteroatoms. The van der Waals surface area contributed by atoms with Crippen LogP contribution >= 0.6 is 0 Å². The van der Waals surface area contributed by atoms with E-state index in [0.29, 0.717) is 12.0 Å². The fraction of sp³-hybridized carbons (Fsp3) is 0.467. The molecule has 1 unspecified atom stereocenters. The Morgan fingerprint density at radius 1 is 1.40 bits per heavy atom. The lowest BCUT2D eigenvalue weighted by atomic mass is 10.1. The largest absolute Gasteiger partial charge is 0.348 e.